The van der Waals surface area contributed by atoms with Crippen LogP contribution in [0.15, 0.2) is 18.2 Å². The van der Waals surface area contributed by atoms with Crippen LogP contribution in [0.2, 0.25) is 0 Å². The topological polar surface area (TPSA) is 89.6 Å². The third-order valence-corrected chi connectivity index (χ3v) is 8.07. The van der Waals surface area contributed by atoms with Gasteiger partial charge in [-0.1, -0.05) is 6.07 Å². The number of aryl methyl sites for hydroxylation is 1. The molecule has 0 spiro atoms. The van der Waals surface area contributed by atoms with Crippen molar-refractivity contribution in [2.75, 3.05) is 59.7 Å². The Morgan fingerprint density at radius 2 is 1.77 bits per heavy atom. The molecule has 1 saturated carbocycles. The number of hydrogen-bond acceptors (Lipinski definition) is 7. The SMILES string of the molecule is COCCCOc1cc(C(=O)N(C[C@@H]2CNC[C@H]2CN(C(=O)OC2CCOCC2)C2CC2)C(C)C)ccc1C. The molecule has 2 atom stereocenters. The van der Waals surface area contributed by atoms with Gasteiger partial charge in [-0.2, -0.15) is 0 Å². The van der Waals surface area contributed by atoms with Crippen molar-refractivity contribution < 1.29 is 28.5 Å². The van der Waals surface area contributed by atoms with E-state index in [0.29, 0.717) is 45.1 Å². The van der Waals surface area contributed by atoms with E-state index in [2.05, 4.69) is 19.2 Å². The highest BCUT2D eigenvalue weighted by molar-refractivity contribution is 5.95. The van der Waals surface area contributed by atoms with Crippen LogP contribution < -0.4 is 10.1 Å². The lowest BCUT2D eigenvalue weighted by molar-refractivity contribution is -0.0128. The van der Waals surface area contributed by atoms with Gasteiger partial charge in [0.2, 0.25) is 0 Å². The van der Waals surface area contributed by atoms with E-state index in [0.717, 1.165) is 56.5 Å². The Kier molecular flexibility index (Phi) is 10.9. The molecule has 9 nitrogen and oxygen atoms in total. The first kappa shape index (κ1) is 29.6. The zero-order chi connectivity index (χ0) is 27.8. The molecule has 2 saturated heterocycles. The third kappa shape index (κ3) is 8.32. The van der Waals surface area contributed by atoms with Crippen LogP contribution in [0.1, 0.15) is 61.9 Å². The molecule has 0 bridgehead atoms. The number of amides is 2. The number of carbonyl (C=O) groups excluding carboxylic acids is 2. The normalized spacial score (nSPS) is 21.7. The van der Waals surface area contributed by atoms with Gasteiger partial charge in [-0.05, 0) is 63.1 Å². The van der Waals surface area contributed by atoms with Gasteiger partial charge in [0.15, 0.2) is 0 Å². The zero-order valence-electron chi connectivity index (χ0n) is 24.2. The quantitative estimate of drug-likeness (QED) is 0.376. The van der Waals surface area contributed by atoms with E-state index in [1.54, 1.807) is 7.11 Å². The number of rotatable bonds is 13. The molecule has 9 heteroatoms. The highest BCUT2D eigenvalue weighted by atomic mass is 16.6. The van der Waals surface area contributed by atoms with Gasteiger partial charge in [0.1, 0.15) is 11.9 Å². The van der Waals surface area contributed by atoms with Crippen molar-refractivity contribution in [1.82, 2.24) is 15.1 Å². The fourth-order valence-corrected chi connectivity index (χ4v) is 5.45. The van der Waals surface area contributed by atoms with E-state index in [1.165, 1.54) is 0 Å². The van der Waals surface area contributed by atoms with Crippen molar-refractivity contribution in [3.05, 3.63) is 29.3 Å². The average molecular weight is 546 g/mol. The van der Waals surface area contributed by atoms with Gasteiger partial charge >= 0.3 is 6.09 Å². The lowest BCUT2D eigenvalue weighted by atomic mass is 9.94. The largest absolute Gasteiger partial charge is 0.493 e. The summed E-state index contributed by atoms with van der Waals surface area (Å²) >= 11 is 0. The second-order valence-electron chi connectivity index (χ2n) is 11.5. The first-order chi connectivity index (χ1) is 18.9. The molecule has 39 heavy (non-hydrogen) atoms. The summed E-state index contributed by atoms with van der Waals surface area (Å²) in [5, 5.41) is 3.52. The van der Waals surface area contributed by atoms with Gasteiger partial charge in [0.25, 0.3) is 5.91 Å². The first-order valence-corrected chi connectivity index (χ1v) is 14.7. The van der Waals surface area contributed by atoms with Crippen LogP contribution >= 0.6 is 0 Å². The third-order valence-electron chi connectivity index (χ3n) is 8.07. The summed E-state index contributed by atoms with van der Waals surface area (Å²) in [4.78, 5) is 30.8. The summed E-state index contributed by atoms with van der Waals surface area (Å²) in [5.41, 5.74) is 1.64. The van der Waals surface area contributed by atoms with Gasteiger partial charge in [-0.3, -0.25) is 4.79 Å². The number of carbonyl (C=O) groups is 2. The van der Waals surface area contributed by atoms with Crippen molar-refractivity contribution >= 4 is 12.0 Å². The van der Waals surface area contributed by atoms with E-state index >= 15 is 0 Å². The van der Waals surface area contributed by atoms with Crippen LogP contribution in [-0.4, -0.2) is 99.7 Å². The van der Waals surface area contributed by atoms with E-state index in [9.17, 15) is 9.59 Å². The molecule has 2 aliphatic heterocycles. The summed E-state index contributed by atoms with van der Waals surface area (Å²) < 4.78 is 22.4. The minimum absolute atomic E-state index is 0.00960. The van der Waals surface area contributed by atoms with Gasteiger partial charge in [0, 0.05) is 76.8 Å². The molecule has 1 aromatic rings. The van der Waals surface area contributed by atoms with Crippen LogP contribution in [0.25, 0.3) is 0 Å². The highest BCUT2D eigenvalue weighted by Gasteiger charge is 2.40. The number of nitrogens with one attached hydrogen (secondary N) is 1. The van der Waals surface area contributed by atoms with Gasteiger partial charge in [-0.25, -0.2) is 4.79 Å². The van der Waals surface area contributed by atoms with Crippen LogP contribution in [0.5, 0.6) is 5.75 Å². The Labute approximate surface area is 233 Å². The standard InChI is InChI=1S/C30H47N3O6/c1-21(2)32(29(34)23-7-6-22(3)28(16-23)38-13-5-12-36-4)19-24-17-31-18-25(24)20-33(26-8-9-26)30(35)39-27-10-14-37-15-11-27/h6-7,16,21,24-27,31H,5,8-15,17-20H2,1-4H3/t24-,25-/m0/s1. The highest BCUT2D eigenvalue weighted by Crippen LogP contribution is 2.32. The van der Waals surface area contributed by atoms with Crippen molar-refractivity contribution in [2.45, 2.75) is 71.1 Å². The van der Waals surface area contributed by atoms with Crippen LogP contribution in [-0.2, 0) is 14.2 Å². The predicted molar refractivity (Wildman–Crippen MR) is 149 cm³/mol. The van der Waals surface area contributed by atoms with Crippen LogP contribution in [0.4, 0.5) is 4.79 Å². The molecule has 1 N–H and O–H groups in total. The molecule has 2 amide bonds. The maximum absolute atomic E-state index is 13.7. The molecule has 0 aromatic heterocycles. The molecule has 0 unspecified atom stereocenters. The summed E-state index contributed by atoms with van der Waals surface area (Å²) in [7, 11) is 1.68. The predicted octanol–water partition coefficient (Wildman–Crippen LogP) is 3.88. The number of ether oxygens (including phenoxy) is 4. The monoisotopic (exact) mass is 545 g/mol. The first-order valence-electron chi connectivity index (χ1n) is 14.7. The second kappa shape index (κ2) is 14.3. The van der Waals surface area contributed by atoms with Crippen molar-refractivity contribution in [1.29, 1.82) is 0 Å². The smallest absolute Gasteiger partial charge is 0.410 e. The molecule has 218 valence electrons. The molecular formula is C30H47N3O6. The molecule has 4 rings (SSSR count). The zero-order valence-corrected chi connectivity index (χ0v) is 24.2. The fourth-order valence-electron chi connectivity index (χ4n) is 5.45. The fraction of sp³-hybridized carbons (Fsp3) is 0.733. The molecular weight excluding hydrogens is 498 g/mol. The number of methoxy groups -OCH3 is 1. The number of benzene rings is 1. The second-order valence-corrected chi connectivity index (χ2v) is 11.5. The lowest BCUT2D eigenvalue weighted by Gasteiger charge is -2.34. The van der Waals surface area contributed by atoms with Crippen molar-refractivity contribution in [2.24, 2.45) is 11.8 Å². The van der Waals surface area contributed by atoms with Crippen molar-refractivity contribution in [3.63, 3.8) is 0 Å². The maximum Gasteiger partial charge on any atom is 0.410 e. The van der Waals surface area contributed by atoms with Crippen LogP contribution in [0.3, 0.4) is 0 Å². The van der Waals surface area contributed by atoms with Gasteiger partial charge in [-0.15, -0.1) is 0 Å². The van der Waals surface area contributed by atoms with E-state index in [1.807, 2.05) is 34.9 Å². The van der Waals surface area contributed by atoms with Crippen LogP contribution in [0, 0.1) is 18.8 Å². The molecule has 3 aliphatic rings. The van der Waals surface area contributed by atoms with E-state index < -0.39 is 0 Å². The lowest BCUT2D eigenvalue weighted by Crippen LogP contribution is -2.45. The Hall–Kier alpha value is -2.36. The molecule has 1 aromatic carbocycles. The minimum Gasteiger partial charge on any atom is -0.493 e. The molecule has 1 aliphatic carbocycles. The summed E-state index contributed by atoms with van der Waals surface area (Å²) in [5.74, 6) is 1.27. The molecule has 3 fully saturated rings. The molecule has 2 heterocycles. The number of hydrogen-bond donors (Lipinski definition) is 1. The summed E-state index contributed by atoms with van der Waals surface area (Å²) in [6.45, 7) is 11.6. The average Bonchev–Trinajstić information content (AvgIpc) is 3.67. The maximum atomic E-state index is 13.7. The number of nitrogens with zero attached hydrogens (tertiary/aromatic N) is 2. The Bertz CT molecular complexity index is 947. The minimum atomic E-state index is -0.190. The Balaban J connectivity index is 1.39. The van der Waals surface area contributed by atoms with Crippen molar-refractivity contribution in [3.8, 4) is 5.75 Å². The molecule has 0 radical (unpaired) electrons. The van der Waals surface area contributed by atoms with Gasteiger partial charge < -0.3 is 34.1 Å². The van der Waals surface area contributed by atoms with Gasteiger partial charge in [0.05, 0.1) is 19.8 Å². The Morgan fingerprint density at radius 1 is 1.05 bits per heavy atom. The Morgan fingerprint density at radius 3 is 2.44 bits per heavy atom. The summed E-state index contributed by atoms with van der Waals surface area (Å²) in [6, 6.07) is 6.03. The van der Waals surface area contributed by atoms with E-state index in [4.69, 9.17) is 18.9 Å². The summed E-state index contributed by atoms with van der Waals surface area (Å²) in [6.07, 6.45) is 4.15. The van der Waals surface area contributed by atoms with E-state index in [-0.39, 0.29) is 42.0 Å².